The number of hydrogen-bond donors (Lipinski definition) is 4. The van der Waals surface area contributed by atoms with Crippen molar-refractivity contribution in [3.8, 4) is 0 Å². The van der Waals surface area contributed by atoms with Gasteiger partial charge >= 0.3 is 5.95 Å². The van der Waals surface area contributed by atoms with Crippen LogP contribution in [0.1, 0.15) is 0 Å². The molecule has 1 rings (SSSR count). The van der Waals surface area contributed by atoms with E-state index in [4.69, 9.17) is 5.11 Å². The van der Waals surface area contributed by atoms with Crippen LogP contribution in [0, 0.1) is 0 Å². The number of quaternary nitrogens is 1. The van der Waals surface area contributed by atoms with Crippen LogP contribution in [0.15, 0.2) is 0 Å². The highest BCUT2D eigenvalue weighted by Gasteiger charge is 2.28. The van der Waals surface area contributed by atoms with Crippen LogP contribution in [0.5, 0.6) is 0 Å². The van der Waals surface area contributed by atoms with Crippen molar-refractivity contribution in [3.05, 3.63) is 0 Å². The van der Waals surface area contributed by atoms with Gasteiger partial charge in [-0.15, -0.1) is 9.97 Å². The van der Waals surface area contributed by atoms with Gasteiger partial charge in [0.2, 0.25) is 11.9 Å². The monoisotopic (exact) mass is 259 g/mol. The summed E-state index contributed by atoms with van der Waals surface area (Å²) in [5.41, 5.74) is 0. The van der Waals surface area contributed by atoms with Crippen LogP contribution in [0.2, 0.25) is 0 Å². The highest BCUT2D eigenvalue weighted by molar-refractivity contribution is 5.42. The molecule has 0 fully saturated rings. The maximum Gasteiger partial charge on any atom is 0.339 e. The van der Waals surface area contributed by atoms with E-state index in [0.29, 0.717) is 5.95 Å². The zero-order chi connectivity index (χ0) is 13.8. The summed E-state index contributed by atoms with van der Waals surface area (Å²) in [6, 6.07) is 0. The molecule has 0 amide bonds. The van der Waals surface area contributed by atoms with Gasteiger partial charge in [-0.05, 0) is 0 Å². The number of anilines is 2. The summed E-state index contributed by atoms with van der Waals surface area (Å²) in [5, 5.41) is 30.5. The van der Waals surface area contributed by atoms with Crippen molar-refractivity contribution in [2.45, 2.75) is 0 Å². The first-order chi connectivity index (χ1) is 8.50. The fraction of sp³-hybridized carbons (Fsp3) is 0.667. The number of rotatable bonds is 6. The molecule has 1 aromatic rings. The lowest BCUT2D eigenvalue weighted by Crippen LogP contribution is -2.48. The summed E-state index contributed by atoms with van der Waals surface area (Å²) >= 11 is 0. The smallest absolute Gasteiger partial charge is 0.339 e. The number of nitrogens with one attached hydrogen (secondary N) is 1. The third-order valence-corrected chi connectivity index (χ3v) is 2.50. The first-order valence-electron chi connectivity index (χ1n) is 5.33. The topological polar surface area (TPSA) is 115 Å². The lowest BCUT2D eigenvalue weighted by molar-refractivity contribution is 0.0498. The number of nitrogens with zero attached hydrogens (tertiary/aromatic N) is 5. The quantitative estimate of drug-likeness (QED) is 0.347. The molecular formula is C9H19N6O3+. The lowest BCUT2D eigenvalue weighted by Gasteiger charge is -2.27. The van der Waals surface area contributed by atoms with Gasteiger partial charge in [0.15, 0.2) is 13.5 Å². The molecule has 1 aromatic heterocycles. The van der Waals surface area contributed by atoms with E-state index in [9.17, 15) is 10.2 Å². The second-order valence-corrected chi connectivity index (χ2v) is 4.03. The summed E-state index contributed by atoms with van der Waals surface area (Å²) in [6.07, 6.45) is 0. The van der Waals surface area contributed by atoms with Crippen molar-refractivity contribution >= 4 is 17.8 Å². The molecule has 0 bridgehead atoms. The minimum atomic E-state index is -0.355. The molecule has 0 aliphatic heterocycles. The molecular weight excluding hydrogens is 240 g/mol. The van der Waals surface area contributed by atoms with Crippen LogP contribution in [-0.2, 0) is 0 Å². The Morgan fingerprint density at radius 1 is 1.17 bits per heavy atom. The van der Waals surface area contributed by atoms with Crippen LogP contribution in [-0.4, -0.2) is 71.6 Å². The van der Waals surface area contributed by atoms with E-state index in [1.807, 2.05) is 0 Å². The molecule has 0 aliphatic carbocycles. The zero-order valence-electron chi connectivity index (χ0n) is 10.7. The van der Waals surface area contributed by atoms with E-state index in [2.05, 4.69) is 20.3 Å². The minimum absolute atomic E-state index is 0.203. The first kappa shape index (κ1) is 14.5. The predicted molar refractivity (Wildman–Crippen MR) is 66.8 cm³/mol. The van der Waals surface area contributed by atoms with E-state index < -0.39 is 0 Å². The normalized spacial score (nSPS) is 11.4. The average Bonchev–Trinajstić information content (AvgIpc) is 2.44. The van der Waals surface area contributed by atoms with Crippen LogP contribution < -0.4 is 14.7 Å². The Morgan fingerprint density at radius 3 is 2.22 bits per heavy atom. The Morgan fingerprint density at radius 2 is 1.78 bits per heavy atom. The third-order valence-electron chi connectivity index (χ3n) is 2.50. The molecule has 0 aromatic carbocycles. The molecule has 102 valence electrons. The van der Waals surface area contributed by atoms with Crippen molar-refractivity contribution in [3.63, 3.8) is 0 Å². The fourth-order valence-corrected chi connectivity index (χ4v) is 1.11. The minimum Gasteiger partial charge on any atom is -0.376 e. The van der Waals surface area contributed by atoms with Gasteiger partial charge in [0.25, 0.3) is 0 Å². The first-order valence-corrected chi connectivity index (χ1v) is 5.33. The van der Waals surface area contributed by atoms with Crippen LogP contribution in [0.3, 0.4) is 0 Å². The van der Waals surface area contributed by atoms with E-state index in [0.717, 1.165) is 0 Å². The van der Waals surface area contributed by atoms with Crippen LogP contribution in [0.4, 0.5) is 17.8 Å². The molecule has 4 N–H and O–H groups in total. The van der Waals surface area contributed by atoms with Gasteiger partial charge in [-0.1, -0.05) is 0 Å². The molecule has 0 saturated heterocycles. The van der Waals surface area contributed by atoms with E-state index in [1.54, 1.807) is 21.1 Å². The lowest BCUT2D eigenvalue weighted by atomic mass is 10.6. The van der Waals surface area contributed by atoms with Gasteiger partial charge < -0.3 is 25.5 Å². The van der Waals surface area contributed by atoms with Crippen molar-refractivity contribution in [1.29, 1.82) is 0 Å². The third kappa shape index (κ3) is 2.82. The SMILES string of the molecule is CNc1nc(N(C)CO)nc([N+](C)(CO)CO)n1. The molecule has 9 nitrogen and oxygen atoms in total. The maximum absolute atomic E-state index is 9.32. The summed E-state index contributed by atoms with van der Waals surface area (Å²) < 4.78 is -0.260. The maximum atomic E-state index is 9.32. The molecule has 0 radical (unpaired) electrons. The molecule has 0 spiro atoms. The number of aliphatic hydroxyl groups excluding tert-OH is 3. The van der Waals surface area contributed by atoms with Crippen molar-refractivity contribution in [2.75, 3.05) is 51.6 Å². The number of hydrogen-bond acceptors (Lipinski definition) is 8. The molecule has 18 heavy (non-hydrogen) atoms. The largest absolute Gasteiger partial charge is 0.376 e. The summed E-state index contributed by atoms with van der Waals surface area (Å²) in [5.74, 6) is 0.745. The van der Waals surface area contributed by atoms with Gasteiger partial charge in [0, 0.05) is 14.1 Å². The zero-order valence-corrected chi connectivity index (χ0v) is 10.7. The van der Waals surface area contributed by atoms with Crippen molar-refractivity contribution in [1.82, 2.24) is 19.4 Å². The predicted octanol–water partition coefficient (Wildman–Crippen LogP) is -1.86. The molecule has 0 atom stereocenters. The Hall–Kier alpha value is -1.55. The summed E-state index contributed by atoms with van der Waals surface area (Å²) in [6.45, 7) is -0.966. The molecule has 9 heteroatoms. The van der Waals surface area contributed by atoms with Gasteiger partial charge in [-0.25, -0.2) is 4.48 Å². The van der Waals surface area contributed by atoms with Crippen molar-refractivity contribution < 1.29 is 15.3 Å². The summed E-state index contributed by atoms with van der Waals surface area (Å²) in [4.78, 5) is 13.7. The number of aliphatic hydroxyl groups is 3. The van der Waals surface area contributed by atoms with E-state index >= 15 is 0 Å². The van der Waals surface area contributed by atoms with Crippen molar-refractivity contribution in [2.24, 2.45) is 0 Å². The highest BCUT2D eigenvalue weighted by atomic mass is 16.3. The Balaban J connectivity index is 3.27. The number of aromatic nitrogens is 3. The summed E-state index contributed by atoms with van der Waals surface area (Å²) in [7, 11) is 4.84. The molecule has 0 unspecified atom stereocenters. The molecule has 1 heterocycles. The molecule has 0 saturated carbocycles. The second-order valence-electron chi connectivity index (χ2n) is 4.03. The fourth-order valence-electron chi connectivity index (χ4n) is 1.11. The Bertz CT molecular complexity index is 398. The Kier molecular flexibility index (Phi) is 4.73. The van der Waals surface area contributed by atoms with Gasteiger partial charge in [-0.2, -0.15) is 4.98 Å². The van der Waals surface area contributed by atoms with Gasteiger partial charge in [-0.3, -0.25) is 0 Å². The highest BCUT2D eigenvalue weighted by Crippen LogP contribution is 2.19. The van der Waals surface area contributed by atoms with Crippen LogP contribution >= 0.6 is 0 Å². The van der Waals surface area contributed by atoms with Gasteiger partial charge in [0.1, 0.15) is 6.73 Å². The van der Waals surface area contributed by atoms with Gasteiger partial charge in [0.05, 0.1) is 7.05 Å². The second kappa shape index (κ2) is 5.87. The van der Waals surface area contributed by atoms with Crippen LogP contribution in [0.25, 0.3) is 0 Å². The average molecular weight is 259 g/mol. The van der Waals surface area contributed by atoms with E-state index in [1.165, 1.54) is 4.90 Å². The standard InChI is InChI=1S/C9H19N6O3/c1-10-7-11-8(14(2)4-16)13-9(12-7)15(3,5-17)6-18/h16-18H,4-6H2,1-3H3,(H,10,11,12,13)/q+1. The van der Waals surface area contributed by atoms with E-state index in [-0.39, 0.29) is 36.6 Å². The molecule has 0 aliphatic rings. The Labute approximate surface area is 105 Å².